The molecule has 2 rings (SSSR count). The van der Waals surface area contributed by atoms with Gasteiger partial charge in [-0.2, -0.15) is 0 Å². The minimum atomic E-state index is -0.0743. The fraction of sp³-hybridized carbons (Fsp3) is 0.333. The Morgan fingerprint density at radius 1 is 1.35 bits per heavy atom. The van der Waals surface area contributed by atoms with Gasteiger partial charge in [-0.3, -0.25) is 4.79 Å². The lowest BCUT2D eigenvalue weighted by molar-refractivity contribution is 0.0940. The second-order valence-corrected chi connectivity index (χ2v) is 5.50. The van der Waals surface area contributed by atoms with Gasteiger partial charge in [0.25, 0.3) is 5.91 Å². The van der Waals surface area contributed by atoms with Gasteiger partial charge in [-0.1, -0.05) is 6.92 Å². The number of benzene rings is 1. The topological polar surface area (TPSA) is 54.0 Å². The van der Waals surface area contributed by atoms with Crippen molar-refractivity contribution >= 4 is 22.9 Å². The van der Waals surface area contributed by atoms with Gasteiger partial charge in [-0.05, 0) is 37.6 Å². The maximum absolute atomic E-state index is 12.1. The van der Waals surface area contributed by atoms with Gasteiger partial charge in [0.15, 0.2) is 0 Å². The lowest BCUT2D eigenvalue weighted by atomic mass is 10.2. The molecule has 0 radical (unpaired) electrons. The van der Waals surface area contributed by atoms with Crippen molar-refractivity contribution in [3.05, 3.63) is 46.4 Å². The van der Waals surface area contributed by atoms with E-state index in [9.17, 15) is 4.79 Å². The molecule has 1 amide bonds. The van der Waals surface area contributed by atoms with Crippen LogP contribution >= 0.6 is 11.3 Å². The van der Waals surface area contributed by atoms with Crippen LogP contribution in [0.3, 0.4) is 0 Å². The summed E-state index contributed by atoms with van der Waals surface area (Å²) < 4.78 is 0. The second kappa shape index (κ2) is 7.05. The first-order chi connectivity index (χ1) is 9.70. The van der Waals surface area contributed by atoms with E-state index in [0.29, 0.717) is 5.56 Å². The molecule has 5 heteroatoms. The Morgan fingerprint density at radius 2 is 2.10 bits per heavy atom. The molecule has 1 unspecified atom stereocenters. The molecule has 1 aromatic heterocycles. The number of anilines is 1. The van der Waals surface area contributed by atoms with Crippen molar-refractivity contribution < 1.29 is 4.79 Å². The van der Waals surface area contributed by atoms with E-state index < -0.39 is 0 Å². The van der Waals surface area contributed by atoms with Crippen LogP contribution in [-0.4, -0.2) is 17.4 Å². The number of amides is 1. The van der Waals surface area contributed by atoms with E-state index in [0.717, 1.165) is 23.7 Å². The summed E-state index contributed by atoms with van der Waals surface area (Å²) in [5, 5.41) is 9.06. The summed E-state index contributed by atoms with van der Waals surface area (Å²) >= 11 is 1.54. The number of nitrogens with zero attached hydrogens (tertiary/aromatic N) is 1. The number of hydrogen-bond donors (Lipinski definition) is 2. The molecule has 0 bridgehead atoms. The Balaban J connectivity index is 1.95. The van der Waals surface area contributed by atoms with Crippen molar-refractivity contribution in [2.45, 2.75) is 26.3 Å². The van der Waals surface area contributed by atoms with Gasteiger partial charge in [0.1, 0.15) is 5.01 Å². The molecule has 1 aromatic carbocycles. The third-order valence-electron chi connectivity index (χ3n) is 2.90. The molecule has 0 saturated heterocycles. The second-order valence-electron chi connectivity index (χ2n) is 4.57. The molecule has 0 aliphatic carbocycles. The number of carbonyl (C=O) groups excluding carboxylic acids is 1. The van der Waals surface area contributed by atoms with E-state index in [-0.39, 0.29) is 11.9 Å². The Kier molecular flexibility index (Phi) is 5.12. The summed E-state index contributed by atoms with van der Waals surface area (Å²) in [7, 11) is 0. The number of carbonyl (C=O) groups is 1. The van der Waals surface area contributed by atoms with Crippen LogP contribution in [0.15, 0.2) is 35.8 Å². The fourth-order valence-corrected chi connectivity index (χ4v) is 2.44. The van der Waals surface area contributed by atoms with Crippen LogP contribution in [0, 0.1) is 0 Å². The Bertz CT molecular complexity index is 537. The molecule has 4 nitrogen and oxygen atoms in total. The molecule has 0 fully saturated rings. The quantitative estimate of drug-likeness (QED) is 0.856. The Morgan fingerprint density at radius 3 is 2.70 bits per heavy atom. The predicted octanol–water partition coefficient (Wildman–Crippen LogP) is 3.46. The SMILES string of the molecule is CCCNc1ccc(C(=O)NC(C)c2nccs2)cc1. The van der Waals surface area contributed by atoms with E-state index in [1.54, 1.807) is 17.5 Å². The van der Waals surface area contributed by atoms with Crippen LogP contribution in [-0.2, 0) is 0 Å². The molecule has 0 saturated carbocycles. The van der Waals surface area contributed by atoms with Crippen LogP contribution in [0.4, 0.5) is 5.69 Å². The zero-order chi connectivity index (χ0) is 14.4. The number of rotatable bonds is 6. The zero-order valence-electron chi connectivity index (χ0n) is 11.7. The monoisotopic (exact) mass is 289 g/mol. The molecule has 20 heavy (non-hydrogen) atoms. The summed E-state index contributed by atoms with van der Waals surface area (Å²) in [6.45, 7) is 5.00. The van der Waals surface area contributed by atoms with Crippen LogP contribution < -0.4 is 10.6 Å². The molecule has 1 heterocycles. The summed E-state index contributed by atoms with van der Waals surface area (Å²) in [5.41, 5.74) is 1.70. The highest BCUT2D eigenvalue weighted by molar-refractivity contribution is 7.09. The van der Waals surface area contributed by atoms with Gasteiger partial charge in [0, 0.05) is 29.4 Å². The Hall–Kier alpha value is -1.88. The number of thiazole rings is 1. The lowest BCUT2D eigenvalue weighted by Gasteiger charge is -2.11. The maximum atomic E-state index is 12.1. The zero-order valence-corrected chi connectivity index (χ0v) is 12.5. The van der Waals surface area contributed by atoms with Crippen molar-refractivity contribution in [3.8, 4) is 0 Å². The molecule has 1 atom stereocenters. The summed E-state index contributed by atoms with van der Waals surface area (Å²) in [5.74, 6) is -0.0743. The van der Waals surface area contributed by atoms with Crippen molar-refractivity contribution in [2.24, 2.45) is 0 Å². The van der Waals surface area contributed by atoms with Crippen LogP contribution in [0.1, 0.15) is 41.7 Å². The average Bonchev–Trinajstić information content (AvgIpc) is 3.00. The van der Waals surface area contributed by atoms with Gasteiger partial charge < -0.3 is 10.6 Å². The van der Waals surface area contributed by atoms with E-state index in [1.165, 1.54) is 0 Å². The first-order valence-corrected chi connectivity index (χ1v) is 7.63. The van der Waals surface area contributed by atoms with Gasteiger partial charge in [-0.25, -0.2) is 4.98 Å². The fourth-order valence-electron chi connectivity index (χ4n) is 1.80. The summed E-state index contributed by atoms with van der Waals surface area (Å²) in [4.78, 5) is 16.3. The molecule has 0 spiro atoms. The third kappa shape index (κ3) is 3.81. The highest BCUT2D eigenvalue weighted by Crippen LogP contribution is 2.16. The first-order valence-electron chi connectivity index (χ1n) is 6.75. The Labute approximate surface area is 123 Å². The number of hydrogen-bond acceptors (Lipinski definition) is 4. The molecular formula is C15H19N3OS. The number of aromatic nitrogens is 1. The summed E-state index contributed by atoms with van der Waals surface area (Å²) in [6.07, 6.45) is 2.82. The molecule has 106 valence electrons. The molecule has 2 aromatic rings. The third-order valence-corrected chi connectivity index (χ3v) is 3.85. The summed E-state index contributed by atoms with van der Waals surface area (Å²) in [6, 6.07) is 7.46. The molecular weight excluding hydrogens is 270 g/mol. The van der Waals surface area contributed by atoms with Gasteiger partial charge in [0.05, 0.1) is 6.04 Å². The van der Waals surface area contributed by atoms with E-state index in [2.05, 4.69) is 22.5 Å². The highest BCUT2D eigenvalue weighted by atomic mass is 32.1. The van der Waals surface area contributed by atoms with E-state index in [1.807, 2.05) is 36.6 Å². The molecule has 2 N–H and O–H groups in total. The van der Waals surface area contributed by atoms with Crippen LogP contribution in [0.25, 0.3) is 0 Å². The standard InChI is InChI=1S/C15H19N3OS/c1-3-8-16-13-6-4-12(5-7-13)14(19)18-11(2)15-17-9-10-20-15/h4-7,9-11,16H,3,8H2,1-2H3,(H,18,19). The van der Waals surface area contributed by atoms with Gasteiger partial charge in [-0.15, -0.1) is 11.3 Å². The normalized spacial score (nSPS) is 11.9. The van der Waals surface area contributed by atoms with E-state index in [4.69, 9.17) is 0 Å². The van der Waals surface area contributed by atoms with Crippen molar-refractivity contribution in [1.82, 2.24) is 10.3 Å². The lowest BCUT2D eigenvalue weighted by Crippen LogP contribution is -2.26. The average molecular weight is 289 g/mol. The van der Waals surface area contributed by atoms with Crippen LogP contribution in [0.2, 0.25) is 0 Å². The maximum Gasteiger partial charge on any atom is 0.251 e. The van der Waals surface area contributed by atoms with Crippen molar-refractivity contribution in [1.29, 1.82) is 0 Å². The van der Waals surface area contributed by atoms with Gasteiger partial charge in [0.2, 0.25) is 0 Å². The van der Waals surface area contributed by atoms with Crippen molar-refractivity contribution in [2.75, 3.05) is 11.9 Å². The van der Waals surface area contributed by atoms with E-state index >= 15 is 0 Å². The minimum absolute atomic E-state index is 0.0691. The van der Waals surface area contributed by atoms with Gasteiger partial charge >= 0.3 is 0 Å². The van der Waals surface area contributed by atoms with Crippen LogP contribution in [0.5, 0.6) is 0 Å². The smallest absolute Gasteiger partial charge is 0.251 e. The molecule has 0 aliphatic heterocycles. The number of nitrogens with one attached hydrogen (secondary N) is 2. The largest absolute Gasteiger partial charge is 0.385 e. The molecule has 0 aliphatic rings. The minimum Gasteiger partial charge on any atom is -0.385 e. The predicted molar refractivity (Wildman–Crippen MR) is 83.2 cm³/mol. The highest BCUT2D eigenvalue weighted by Gasteiger charge is 2.12. The van der Waals surface area contributed by atoms with Crippen molar-refractivity contribution in [3.63, 3.8) is 0 Å². The first kappa shape index (κ1) is 14.5.